The third kappa shape index (κ3) is 9.62. The lowest BCUT2D eigenvalue weighted by Crippen LogP contribution is -2.54. The number of carbonyl (C=O) groups is 3. The molecule has 2 amide bonds. The first-order valence-electron chi connectivity index (χ1n) is 18.6. The smallest absolute Gasteiger partial charge is 0.407 e. The van der Waals surface area contributed by atoms with Gasteiger partial charge < -0.3 is 35.3 Å². The minimum atomic E-state index is -4.16. The quantitative estimate of drug-likeness (QED) is 0.0715. The molecule has 0 spiro atoms. The standard InChI is InChI=1S/C41H53N5O9S/c1-23-24(2)35(25(3)30-20-41(7,8)55-34(23)30)56(51,52)46-38(42)43-19-13-18-32(37(48)49)44-36(47)33(22-54-40(4,5)6)45-39(50)53-21-31-28-16-11-9-14-26(28)27-15-10-12-17-29(27)31/h9-12,14-17,31-33H,13,18-22H2,1-8H3,(H,44,47)(H,45,50)(H,48,49)(H3,42,43,46)/t32-,33-/m0/s1. The summed E-state index contributed by atoms with van der Waals surface area (Å²) >= 11 is 0. The number of ether oxygens (including phenoxy) is 3. The van der Waals surface area contributed by atoms with Crippen molar-refractivity contribution in [1.82, 2.24) is 20.7 Å². The molecule has 0 aromatic heterocycles. The van der Waals surface area contributed by atoms with Crippen LogP contribution in [0.1, 0.15) is 86.8 Å². The van der Waals surface area contributed by atoms with E-state index >= 15 is 0 Å². The number of carbonyl (C=O) groups excluding carboxylic acids is 2. The number of alkyl carbamates (subject to hydrolysis) is 1. The summed E-state index contributed by atoms with van der Waals surface area (Å²) in [5.41, 5.74) is 5.67. The minimum absolute atomic E-state index is 0.0176. The molecule has 302 valence electrons. The number of sulfonamides is 1. The van der Waals surface area contributed by atoms with Crippen molar-refractivity contribution >= 4 is 34.0 Å². The lowest BCUT2D eigenvalue weighted by atomic mass is 9.94. The van der Waals surface area contributed by atoms with Crippen molar-refractivity contribution in [1.29, 1.82) is 5.41 Å². The number of rotatable bonds is 14. The zero-order valence-corrected chi connectivity index (χ0v) is 34.0. The zero-order chi connectivity index (χ0) is 41.2. The average molecular weight is 792 g/mol. The first-order valence-corrected chi connectivity index (χ1v) is 20.1. The molecular weight excluding hydrogens is 739 g/mol. The molecule has 1 heterocycles. The largest absolute Gasteiger partial charge is 0.487 e. The molecular formula is C41H53N5O9S. The number of guanidine groups is 1. The molecule has 0 unspecified atom stereocenters. The van der Waals surface area contributed by atoms with Crippen LogP contribution in [-0.2, 0) is 35.5 Å². The Hall–Kier alpha value is -5.15. The van der Waals surface area contributed by atoms with Gasteiger partial charge in [0.15, 0.2) is 0 Å². The highest BCUT2D eigenvalue weighted by Crippen LogP contribution is 2.45. The molecule has 15 heteroatoms. The fourth-order valence-electron chi connectivity index (χ4n) is 7.22. The van der Waals surface area contributed by atoms with E-state index in [0.29, 0.717) is 23.3 Å². The van der Waals surface area contributed by atoms with Gasteiger partial charge in [-0.2, -0.15) is 0 Å². The highest BCUT2D eigenvalue weighted by atomic mass is 32.2. The maximum atomic E-state index is 13.5. The van der Waals surface area contributed by atoms with Crippen molar-refractivity contribution in [2.75, 3.05) is 19.8 Å². The predicted octanol–water partition coefficient (Wildman–Crippen LogP) is 5.20. The minimum Gasteiger partial charge on any atom is -0.487 e. The fraction of sp³-hybridized carbons (Fsp3) is 0.463. The summed E-state index contributed by atoms with van der Waals surface area (Å²) in [5, 5.41) is 25.9. The van der Waals surface area contributed by atoms with Gasteiger partial charge in [-0.15, -0.1) is 0 Å². The van der Waals surface area contributed by atoms with E-state index in [0.717, 1.165) is 33.4 Å². The molecule has 2 aliphatic rings. The summed E-state index contributed by atoms with van der Waals surface area (Å²) in [5.74, 6) is -2.09. The lowest BCUT2D eigenvalue weighted by Gasteiger charge is -2.26. The second-order valence-electron chi connectivity index (χ2n) is 15.9. The third-order valence-corrected chi connectivity index (χ3v) is 11.6. The van der Waals surface area contributed by atoms with Crippen LogP contribution in [0.2, 0.25) is 0 Å². The van der Waals surface area contributed by atoms with E-state index in [1.807, 2.05) is 69.3 Å². The molecule has 3 aromatic rings. The maximum absolute atomic E-state index is 13.5. The Bertz CT molecular complexity index is 2080. The van der Waals surface area contributed by atoms with Gasteiger partial charge in [0, 0.05) is 24.4 Å². The van der Waals surface area contributed by atoms with Crippen LogP contribution in [0, 0.1) is 26.2 Å². The van der Waals surface area contributed by atoms with E-state index in [4.69, 9.17) is 19.6 Å². The van der Waals surface area contributed by atoms with Gasteiger partial charge in [0.1, 0.15) is 30.0 Å². The first kappa shape index (κ1) is 42.0. The van der Waals surface area contributed by atoms with Gasteiger partial charge in [-0.3, -0.25) is 10.2 Å². The topological polar surface area (TPSA) is 205 Å². The van der Waals surface area contributed by atoms with Crippen LogP contribution in [0.15, 0.2) is 53.4 Å². The normalized spacial score (nSPS) is 15.4. The molecule has 56 heavy (non-hydrogen) atoms. The molecule has 0 radical (unpaired) electrons. The molecule has 6 N–H and O–H groups in total. The highest BCUT2D eigenvalue weighted by molar-refractivity contribution is 7.90. The Labute approximate surface area is 328 Å². The molecule has 5 rings (SSSR count). The summed E-state index contributed by atoms with van der Waals surface area (Å²) in [6.45, 7) is 14.3. The van der Waals surface area contributed by atoms with Gasteiger partial charge in [0.05, 0.1) is 17.1 Å². The van der Waals surface area contributed by atoms with E-state index in [-0.39, 0.29) is 43.4 Å². The Kier molecular flexibility index (Phi) is 12.4. The van der Waals surface area contributed by atoms with Crippen molar-refractivity contribution in [3.05, 3.63) is 81.9 Å². The first-order chi connectivity index (χ1) is 26.2. The SMILES string of the molecule is Cc1c(C)c(S(=O)(=O)NC(=N)NCCC[C@H](NC(=O)[C@H](COC(C)(C)C)NC(=O)OCC2c3ccccc3-c3ccccc32)C(=O)O)c(C)c2c1OC(C)(C)C2. The zero-order valence-electron chi connectivity index (χ0n) is 33.2. The van der Waals surface area contributed by atoms with Crippen LogP contribution >= 0.6 is 0 Å². The Morgan fingerprint density at radius 2 is 1.55 bits per heavy atom. The van der Waals surface area contributed by atoms with Crippen molar-refractivity contribution in [2.24, 2.45) is 0 Å². The summed E-state index contributed by atoms with van der Waals surface area (Å²) in [6.07, 6.45) is -0.236. The van der Waals surface area contributed by atoms with Crippen molar-refractivity contribution < 1.29 is 42.1 Å². The van der Waals surface area contributed by atoms with Crippen LogP contribution < -0.4 is 25.4 Å². The molecule has 0 saturated heterocycles. The number of aliphatic carboxylic acids is 1. The predicted molar refractivity (Wildman–Crippen MR) is 212 cm³/mol. The number of carboxylic acid groups (broad SMARTS) is 1. The van der Waals surface area contributed by atoms with Gasteiger partial charge in [-0.05, 0) is 107 Å². The van der Waals surface area contributed by atoms with E-state index < -0.39 is 57.2 Å². The van der Waals surface area contributed by atoms with Gasteiger partial charge in [0.2, 0.25) is 11.9 Å². The second-order valence-corrected chi connectivity index (χ2v) is 17.6. The number of nitrogens with one attached hydrogen (secondary N) is 5. The number of carboxylic acids is 1. The van der Waals surface area contributed by atoms with Gasteiger partial charge >= 0.3 is 12.1 Å². The average Bonchev–Trinajstić information content (AvgIpc) is 3.62. The van der Waals surface area contributed by atoms with Gasteiger partial charge in [-0.1, -0.05) is 48.5 Å². The maximum Gasteiger partial charge on any atom is 0.407 e. The molecule has 0 saturated carbocycles. The number of fused-ring (bicyclic) bond motifs is 4. The second kappa shape index (κ2) is 16.5. The van der Waals surface area contributed by atoms with E-state index in [1.54, 1.807) is 34.6 Å². The van der Waals surface area contributed by atoms with E-state index in [2.05, 4.69) is 20.7 Å². The van der Waals surface area contributed by atoms with Gasteiger partial charge in [-0.25, -0.2) is 22.7 Å². The molecule has 0 bridgehead atoms. The monoisotopic (exact) mass is 791 g/mol. The Balaban J connectivity index is 1.16. The van der Waals surface area contributed by atoms with Crippen molar-refractivity contribution in [3.63, 3.8) is 0 Å². The van der Waals surface area contributed by atoms with E-state index in [9.17, 15) is 27.9 Å². The van der Waals surface area contributed by atoms with Crippen molar-refractivity contribution in [3.8, 4) is 16.9 Å². The molecule has 1 aliphatic carbocycles. The van der Waals surface area contributed by atoms with E-state index in [1.165, 1.54) is 0 Å². The molecule has 14 nitrogen and oxygen atoms in total. The number of benzene rings is 3. The number of amides is 2. The summed E-state index contributed by atoms with van der Waals surface area (Å²) in [7, 11) is -4.16. The number of hydrogen-bond donors (Lipinski definition) is 6. The number of hydrogen-bond acceptors (Lipinski definition) is 9. The van der Waals surface area contributed by atoms with Crippen molar-refractivity contribution in [2.45, 2.75) is 109 Å². The molecule has 1 aliphatic heterocycles. The van der Waals surface area contributed by atoms with Gasteiger partial charge in [0.25, 0.3) is 10.0 Å². The summed E-state index contributed by atoms with van der Waals surface area (Å²) < 4.78 is 46.8. The Morgan fingerprint density at radius 3 is 2.14 bits per heavy atom. The lowest BCUT2D eigenvalue weighted by molar-refractivity contribution is -0.142. The van der Waals surface area contributed by atoms with Crippen LogP contribution in [0.25, 0.3) is 11.1 Å². The highest BCUT2D eigenvalue weighted by Gasteiger charge is 2.37. The molecule has 2 atom stereocenters. The fourth-order valence-corrected chi connectivity index (χ4v) is 8.74. The summed E-state index contributed by atoms with van der Waals surface area (Å²) in [4.78, 5) is 38.9. The molecule has 0 fully saturated rings. The van der Waals surface area contributed by atoms with Crippen LogP contribution in [-0.4, -0.2) is 80.5 Å². The third-order valence-electron chi connectivity index (χ3n) is 10.0. The van der Waals surface area contributed by atoms with Crippen LogP contribution in [0.4, 0.5) is 4.79 Å². The Morgan fingerprint density at radius 1 is 0.946 bits per heavy atom. The molecule has 3 aromatic carbocycles. The van der Waals surface area contributed by atoms with Crippen LogP contribution in [0.5, 0.6) is 5.75 Å². The summed E-state index contributed by atoms with van der Waals surface area (Å²) in [6, 6.07) is 13.2. The van der Waals surface area contributed by atoms with Crippen LogP contribution in [0.3, 0.4) is 0 Å².